The van der Waals surface area contributed by atoms with Gasteiger partial charge in [0, 0.05) is 4.88 Å². The zero-order chi connectivity index (χ0) is 8.27. The summed E-state index contributed by atoms with van der Waals surface area (Å²) in [4.78, 5) is 1.29. The van der Waals surface area contributed by atoms with E-state index in [1.165, 1.54) is 10.4 Å². The Morgan fingerprint density at radius 2 is 2.55 bits per heavy atom. The highest BCUT2D eigenvalue weighted by Gasteiger charge is 1.97. The molecule has 0 atom stereocenters. The van der Waals surface area contributed by atoms with E-state index in [4.69, 9.17) is 5.73 Å². The molecule has 0 aliphatic rings. The Morgan fingerprint density at radius 1 is 1.82 bits per heavy atom. The van der Waals surface area contributed by atoms with Gasteiger partial charge in [-0.1, -0.05) is 0 Å². The molecular weight excluding hydrogens is 176 g/mol. The smallest absolute Gasteiger partial charge is 0.163 e. The van der Waals surface area contributed by atoms with Gasteiger partial charge in [0.05, 0.1) is 6.54 Å². The van der Waals surface area contributed by atoms with Crippen molar-refractivity contribution in [1.82, 2.24) is 5.32 Å². The molecule has 1 aromatic heterocycles. The van der Waals surface area contributed by atoms with Crippen LogP contribution in [0.1, 0.15) is 10.4 Å². The van der Waals surface area contributed by atoms with Crippen LogP contribution in [0.4, 0.5) is 0 Å². The van der Waals surface area contributed by atoms with Crippen molar-refractivity contribution in [3.05, 3.63) is 21.9 Å². The topological polar surface area (TPSA) is 38.0 Å². The predicted octanol–water partition coefficient (Wildman–Crippen LogP) is 1.39. The van der Waals surface area contributed by atoms with Crippen LogP contribution < -0.4 is 11.1 Å². The third-order valence-corrected chi connectivity index (χ3v) is 2.56. The van der Waals surface area contributed by atoms with Crippen LogP contribution in [0.5, 0.6) is 0 Å². The van der Waals surface area contributed by atoms with E-state index in [0.29, 0.717) is 5.11 Å². The number of hydrogen-bond acceptors (Lipinski definition) is 2. The molecule has 60 valence electrons. The van der Waals surface area contributed by atoms with Gasteiger partial charge in [-0.25, -0.2) is 0 Å². The fraction of sp³-hybridized carbons (Fsp3) is 0.286. The van der Waals surface area contributed by atoms with Crippen LogP contribution in [0.25, 0.3) is 0 Å². The maximum absolute atomic E-state index is 5.28. The van der Waals surface area contributed by atoms with Crippen LogP contribution in [0.2, 0.25) is 0 Å². The first-order valence-electron chi connectivity index (χ1n) is 3.26. The first kappa shape index (κ1) is 8.49. The van der Waals surface area contributed by atoms with Gasteiger partial charge in [-0.2, -0.15) is 0 Å². The highest BCUT2D eigenvalue weighted by atomic mass is 32.1. The number of thiocarbonyl (C=S) groups is 1. The molecule has 0 aromatic carbocycles. The number of thiophene rings is 1. The van der Waals surface area contributed by atoms with Crippen LogP contribution in [0.3, 0.4) is 0 Å². The Bertz CT molecular complexity index is 255. The lowest BCUT2D eigenvalue weighted by atomic mass is 10.3. The van der Waals surface area contributed by atoms with Gasteiger partial charge in [-0.15, -0.1) is 11.3 Å². The Balaban J connectivity index is 2.51. The average molecular weight is 186 g/mol. The molecule has 0 fully saturated rings. The van der Waals surface area contributed by atoms with Gasteiger partial charge >= 0.3 is 0 Å². The summed E-state index contributed by atoms with van der Waals surface area (Å²) >= 11 is 6.40. The zero-order valence-electron chi connectivity index (χ0n) is 6.26. The van der Waals surface area contributed by atoms with Crippen molar-refractivity contribution in [2.24, 2.45) is 5.73 Å². The Morgan fingerprint density at radius 3 is 3.00 bits per heavy atom. The molecule has 0 spiro atoms. The number of nitrogens with one attached hydrogen (secondary N) is 1. The van der Waals surface area contributed by atoms with E-state index in [9.17, 15) is 0 Å². The molecule has 11 heavy (non-hydrogen) atoms. The minimum Gasteiger partial charge on any atom is -0.376 e. The molecule has 0 aliphatic carbocycles. The monoisotopic (exact) mass is 186 g/mol. The van der Waals surface area contributed by atoms with E-state index in [2.05, 4.69) is 35.9 Å². The molecule has 3 N–H and O–H groups in total. The summed E-state index contributed by atoms with van der Waals surface area (Å²) in [7, 11) is 0. The zero-order valence-corrected chi connectivity index (χ0v) is 7.89. The Labute approximate surface area is 75.4 Å². The summed E-state index contributed by atoms with van der Waals surface area (Å²) in [6, 6.07) is 2.08. The Kier molecular flexibility index (Phi) is 2.84. The van der Waals surface area contributed by atoms with Crippen molar-refractivity contribution in [2.75, 3.05) is 0 Å². The number of nitrogens with two attached hydrogens (primary N) is 1. The van der Waals surface area contributed by atoms with Gasteiger partial charge in [0.1, 0.15) is 0 Å². The summed E-state index contributed by atoms with van der Waals surface area (Å²) in [5, 5.41) is 5.33. The normalized spacial score (nSPS) is 9.55. The summed E-state index contributed by atoms with van der Waals surface area (Å²) in [6.07, 6.45) is 0. The second-order valence-electron chi connectivity index (χ2n) is 2.24. The predicted molar refractivity (Wildman–Crippen MR) is 52.7 cm³/mol. The maximum atomic E-state index is 5.28. The second kappa shape index (κ2) is 3.69. The van der Waals surface area contributed by atoms with Crippen molar-refractivity contribution in [1.29, 1.82) is 0 Å². The highest BCUT2D eigenvalue weighted by molar-refractivity contribution is 7.80. The van der Waals surface area contributed by atoms with Crippen molar-refractivity contribution in [3.8, 4) is 0 Å². The molecule has 1 heterocycles. The summed E-state index contributed by atoms with van der Waals surface area (Å²) < 4.78 is 0. The van der Waals surface area contributed by atoms with Crippen LogP contribution in [-0.4, -0.2) is 5.11 Å². The lowest BCUT2D eigenvalue weighted by Gasteiger charge is -2.01. The lowest BCUT2D eigenvalue weighted by molar-refractivity contribution is 0.932. The van der Waals surface area contributed by atoms with Crippen LogP contribution >= 0.6 is 23.6 Å². The fourth-order valence-corrected chi connectivity index (χ4v) is 1.67. The van der Waals surface area contributed by atoms with Gasteiger partial charge in [0.15, 0.2) is 5.11 Å². The van der Waals surface area contributed by atoms with E-state index < -0.39 is 0 Å². The van der Waals surface area contributed by atoms with Gasteiger partial charge in [0.25, 0.3) is 0 Å². The molecule has 1 aromatic rings. The van der Waals surface area contributed by atoms with E-state index in [-0.39, 0.29) is 0 Å². The third kappa shape index (κ3) is 2.48. The SMILES string of the molecule is Cc1ccsc1CNC(N)=S. The quantitative estimate of drug-likeness (QED) is 0.685. The second-order valence-corrected chi connectivity index (χ2v) is 3.69. The minimum atomic E-state index is 0.359. The molecule has 0 saturated heterocycles. The van der Waals surface area contributed by atoms with Gasteiger partial charge < -0.3 is 11.1 Å². The number of hydrogen-bond donors (Lipinski definition) is 2. The van der Waals surface area contributed by atoms with Gasteiger partial charge in [-0.3, -0.25) is 0 Å². The molecular formula is C7H10N2S2. The molecule has 1 rings (SSSR count). The number of rotatable bonds is 2. The average Bonchev–Trinajstić information content (AvgIpc) is 2.31. The molecule has 0 unspecified atom stereocenters. The molecule has 0 saturated carbocycles. The van der Waals surface area contributed by atoms with E-state index in [1.54, 1.807) is 11.3 Å². The Hall–Kier alpha value is -0.610. The highest BCUT2D eigenvalue weighted by Crippen LogP contribution is 2.14. The summed E-state index contributed by atoms with van der Waals surface area (Å²) in [5.41, 5.74) is 6.57. The first-order chi connectivity index (χ1) is 5.20. The number of aryl methyl sites for hydroxylation is 1. The lowest BCUT2D eigenvalue weighted by Crippen LogP contribution is -2.28. The molecule has 0 radical (unpaired) electrons. The standard InChI is InChI=1S/C7H10N2S2/c1-5-2-3-11-6(5)4-9-7(8)10/h2-3H,4H2,1H3,(H3,8,9,10). The third-order valence-electron chi connectivity index (χ3n) is 1.39. The molecule has 0 aliphatic heterocycles. The first-order valence-corrected chi connectivity index (χ1v) is 4.55. The minimum absolute atomic E-state index is 0.359. The van der Waals surface area contributed by atoms with E-state index >= 15 is 0 Å². The van der Waals surface area contributed by atoms with Crippen molar-refractivity contribution in [2.45, 2.75) is 13.5 Å². The molecule has 0 amide bonds. The van der Waals surface area contributed by atoms with E-state index in [0.717, 1.165) is 6.54 Å². The van der Waals surface area contributed by atoms with Crippen LogP contribution in [0.15, 0.2) is 11.4 Å². The van der Waals surface area contributed by atoms with Crippen LogP contribution in [0, 0.1) is 6.92 Å². The fourth-order valence-electron chi connectivity index (χ4n) is 0.753. The molecule has 0 bridgehead atoms. The summed E-state index contributed by atoms with van der Waals surface area (Å²) in [5.74, 6) is 0. The maximum Gasteiger partial charge on any atom is 0.163 e. The summed E-state index contributed by atoms with van der Waals surface area (Å²) in [6.45, 7) is 2.83. The van der Waals surface area contributed by atoms with Crippen molar-refractivity contribution >= 4 is 28.7 Å². The van der Waals surface area contributed by atoms with Crippen molar-refractivity contribution < 1.29 is 0 Å². The largest absolute Gasteiger partial charge is 0.376 e. The van der Waals surface area contributed by atoms with E-state index in [1.807, 2.05) is 0 Å². The van der Waals surface area contributed by atoms with Crippen LogP contribution in [-0.2, 0) is 6.54 Å². The van der Waals surface area contributed by atoms with Crippen molar-refractivity contribution in [3.63, 3.8) is 0 Å². The van der Waals surface area contributed by atoms with Gasteiger partial charge in [0.2, 0.25) is 0 Å². The molecule has 4 heteroatoms. The van der Waals surface area contributed by atoms with Gasteiger partial charge in [-0.05, 0) is 36.2 Å². The molecule has 2 nitrogen and oxygen atoms in total.